The number of amides is 1. The molecule has 0 aliphatic carbocycles. The number of esters is 1. The van der Waals surface area contributed by atoms with E-state index in [1.807, 2.05) is 37.3 Å². The molecule has 2 aromatic carbocycles. The number of carbonyl (C=O) groups is 2. The van der Waals surface area contributed by atoms with Gasteiger partial charge >= 0.3 is 5.97 Å². The van der Waals surface area contributed by atoms with Gasteiger partial charge in [0, 0.05) is 0 Å². The third-order valence-electron chi connectivity index (χ3n) is 4.45. The second kappa shape index (κ2) is 11.1. The van der Waals surface area contributed by atoms with Crippen LogP contribution in [0.2, 0.25) is 0 Å². The quantitative estimate of drug-likeness (QED) is 0.603. The van der Waals surface area contributed by atoms with Crippen LogP contribution in [0.1, 0.15) is 55.6 Å². The molecule has 1 N–H and O–H groups in total. The number of benzene rings is 2. The summed E-state index contributed by atoms with van der Waals surface area (Å²) in [5, 5.41) is 2.98. The predicted molar refractivity (Wildman–Crippen MR) is 111 cm³/mol. The second-order valence-electron chi connectivity index (χ2n) is 6.61. The highest BCUT2D eigenvalue weighted by molar-refractivity contribution is 5.93. The van der Waals surface area contributed by atoms with Crippen molar-refractivity contribution in [2.75, 3.05) is 13.7 Å². The molecule has 0 saturated carbocycles. The lowest BCUT2D eigenvalue weighted by atomic mass is 10.0. The van der Waals surface area contributed by atoms with Crippen molar-refractivity contribution in [3.8, 4) is 11.5 Å². The summed E-state index contributed by atoms with van der Waals surface area (Å²) in [5.41, 5.74) is 1.32. The minimum atomic E-state index is -0.928. The van der Waals surface area contributed by atoms with E-state index < -0.39 is 12.1 Å². The fourth-order valence-corrected chi connectivity index (χ4v) is 2.94. The van der Waals surface area contributed by atoms with Gasteiger partial charge in [0.25, 0.3) is 5.91 Å². The average molecular weight is 399 g/mol. The van der Waals surface area contributed by atoms with Crippen LogP contribution in [-0.2, 0) is 9.53 Å². The number of methoxy groups -OCH3 is 1. The molecule has 2 aromatic rings. The van der Waals surface area contributed by atoms with Gasteiger partial charge in [0.05, 0.1) is 25.3 Å². The van der Waals surface area contributed by atoms with Crippen LogP contribution < -0.4 is 14.8 Å². The number of nitrogens with one attached hydrogen (secondary N) is 1. The Kier molecular flexibility index (Phi) is 8.52. The Hall–Kier alpha value is -3.02. The van der Waals surface area contributed by atoms with Gasteiger partial charge in [-0.05, 0) is 44.0 Å². The van der Waals surface area contributed by atoms with Gasteiger partial charge < -0.3 is 19.5 Å². The van der Waals surface area contributed by atoms with Crippen molar-refractivity contribution in [1.29, 1.82) is 0 Å². The van der Waals surface area contributed by atoms with Gasteiger partial charge in [-0.15, -0.1) is 0 Å². The van der Waals surface area contributed by atoms with Gasteiger partial charge in [0.15, 0.2) is 17.6 Å². The van der Waals surface area contributed by atoms with E-state index in [4.69, 9.17) is 14.2 Å². The minimum Gasteiger partial charge on any atom is -0.493 e. The Labute approximate surface area is 172 Å². The standard InChI is InChI=1S/C23H29NO5/c1-5-10-19(17-11-8-7-9-12-17)24-22(25)16(3)29-23(26)18-13-14-20(27-4)21(15-18)28-6-2/h7-9,11-16,19H,5-6,10H2,1-4H3,(H,24,25)/t16-,19-/m1/s1. The Balaban J connectivity index is 2.04. The Morgan fingerprint density at radius 2 is 1.76 bits per heavy atom. The maximum atomic E-state index is 12.6. The molecule has 0 heterocycles. The monoisotopic (exact) mass is 399 g/mol. The van der Waals surface area contributed by atoms with Gasteiger partial charge in [-0.3, -0.25) is 4.79 Å². The van der Waals surface area contributed by atoms with Crippen molar-refractivity contribution >= 4 is 11.9 Å². The Morgan fingerprint density at radius 1 is 1.03 bits per heavy atom. The SMILES string of the molecule is CCC[C@@H](NC(=O)[C@@H](C)OC(=O)c1ccc(OC)c(OCC)c1)c1ccccc1. The molecule has 0 spiro atoms. The first-order valence-electron chi connectivity index (χ1n) is 9.87. The molecule has 0 fully saturated rings. The van der Waals surface area contributed by atoms with E-state index in [-0.39, 0.29) is 11.9 Å². The number of carbonyl (C=O) groups excluding carboxylic acids is 2. The molecule has 2 atom stereocenters. The van der Waals surface area contributed by atoms with Crippen LogP contribution in [0.3, 0.4) is 0 Å². The van der Waals surface area contributed by atoms with E-state index in [1.165, 1.54) is 7.11 Å². The summed E-state index contributed by atoms with van der Waals surface area (Å²) >= 11 is 0. The molecular weight excluding hydrogens is 370 g/mol. The lowest BCUT2D eigenvalue weighted by Crippen LogP contribution is -2.38. The van der Waals surface area contributed by atoms with Crippen molar-refractivity contribution in [2.24, 2.45) is 0 Å². The molecule has 0 bridgehead atoms. The summed E-state index contributed by atoms with van der Waals surface area (Å²) in [6.07, 6.45) is 0.787. The summed E-state index contributed by atoms with van der Waals surface area (Å²) < 4.78 is 16.1. The van der Waals surface area contributed by atoms with E-state index in [9.17, 15) is 9.59 Å². The normalized spacial score (nSPS) is 12.6. The molecule has 0 saturated heterocycles. The lowest BCUT2D eigenvalue weighted by molar-refractivity contribution is -0.129. The van der Waals surface area contributed by atoms with Crippen molar-refractivity contribution in [1.82, 2.24) is 5.32 Å². The van der Waals surface area contributed by atoms with E-state index in [0.717, 1.165) is 18.4 Å². The van der Waals surface area contributed by atoms with Crippen molar-refractivity contribution < 1.29 is 23.8 Å². The highest BCUT2D eigenvalue weighted by Gasteiger charge is 2.23. The molecule has 0 unspecified atom stereocenters. The molecule has 0 aliphatic heterocycles. The zero-order valence-electron chi connectivity index (χ0n) is 17.4. The number of hydrogen-bond donors (Lipinski definition) is 1. The van der Waals surface area contributed by atoms with E-state index in [1.54, 1.807) is 25.1 Å². The van der Waals surface area contributed by atoms with Gasteiger partial charge in [-0.25, -0.2) is 4.79 Å². The zero-order valence-corrected chi connectivity index (χ0v) is 17.4. The first-order valence-corrected chi connectivity index (χ1v) is 9.87. The fourth-order valence-electron chi connectivity index (χ4n) is 2.94. The lowest BCUT2D eigenvalue weighted by Gasteiger charge is -2.21. The van der Waals surface area contributed by atoms with Crippen molar-refractivity contribution in [2.45, 2.75) is 45.8 Å². The molecule has 6 nitrogen and oxygen atoms in total. The van der Waals surface area contributed by atoms with Crippen molar-refractivity contribution in [3.05, 3.63) is 59.7 Å². The van der Waals surface area contributed by atoms with E-state index in [2.05, 4.69) is 12.2 Å². The molecule has 0 radical (unpaired) electrons. The molecule has 0 aromatic heterocycles. The Morgan fingerprint density at radius 3 is 2.38 bits per heavy atom. The zero-order chi connectivity index (χ0) is 21.2. The first kappa shape index (κ1) is 22.3. The van der Waals surface area contributed by atoms with Gasteiger partial charge in [-0.1, -0.05) is 43.7 Å². The third-order valence-corrected chi connectivity index (χ3v) is 4.45. The summed E-state index contributed by atoms with van der Waals surface area (Å²) in [5.74, 6) is 0.0512. The maximum Gasteiger partial charge on any atom is 0.339 e. The molecule has 2 rings (SSSR count). The highest BCUT2D eigenvalue weighted by atomic mass is 16.5. The van der Waals surface area contributed by atoms with Crippen molar-refractivity contribution in [3.63, 3.8) is 0 Å². The molecule has 0 aliphatic rings. The molecule has 156 valence electrons. The first-order chi connectivity index (χ1) is 14.0. The fraction of sp³-hybridized carbons (Fsp3) is 0.391. The van der Waals surface area contributed by atoms with Gasteiger partial charge in [-0.2, -0.15) is 0 Å². The van der Waals surface area contributed by atoms with Crippen LogP contribution in [0.4, 0.5) is 0 Å². The van der Waals surface area contributed by atoms with Crippen LogP contribution >= 0.6 is 0 Å². The van der Waals surface area contributed by atoms with Crippen LogP contribution in [0.15, 0.2) is 48.5 Å². The van der Waals surface area contributed by atoms with Crippen LogP contribution in [0, 0.1) is 0 Å². The highest BCUT2D eigenvalue weighted by Crippen LogP contribution is 2.28. The second-order valence-corrected chi connectivity index (χ2v) is 6.61. The largest absolute Gasteiger partial charge is 0.493 e. The summed E-state index contributed by atoms with van der Waals surface area (Å²) in [4.78, 5) is 25.1. The predicted octanol–water partition coefficient (Wildman–Crippen LogP) is 4.30. The summed E-state index contributed by atoms with van der Waals surface area (Å²) in [6.45, 7) is 5.90. The number of rotatable bonds is 10. The van der Waals surface area contributed by atoms with E-state index >= 15 is 0 Å². The van der Waals surface area contributed by atoms with E-state index in [0.29, 0.717) is 23.7 Å². The van der Waals surface area contributed by atoms with Crippen LogP contribution in [-0.4, -0.2) is 31.7 Å². The smallest absolute Gasteiger partial charge is 0.339 e. The summed E-state index contributed by atoms with van der Waals surface area (Å²) in [7, 11) is 1.53. The van der Waals surface area contributed by atoms with Crippen LogP contribution in [0.25, 0.3) is 0 Å². The Bertz CT molecular complexity index is 806. The van der Waals surface area contributed by atoms with Gasteiger partial charge in [0.1, 0.15) is 0 Å². The average Bonchev–Trinajstić information content (AvgIpc) is 2.74. The molecule has 6 heteroatoms. The third kappa shape index (κ3) is 6.24. The van der Waals surface area contributed by atoms with Gasteiger partial charge in [0.2, 0.25) is 0 Å². The number of hydrogen-bond acceptors (Lipinski definition) is 5. The topological polar surface area (TPSA) is 73.9 Å². The molecule has 1 amide bonds. The minimum absolute atomic E-state index is 0.125. The number of ether oxygens (including phenoxy) is 3. The summed E-state index contributed by atoms with van der Waals surface area (Å²) in [6, 6.07) is 14.4. The molecular formula is C23H29NO5. The van der Waals surface area contributed by atoms with Crippen LogP contribution in [0.5, 0.6) is 11.5 Å². The maximum absolute atomic E-state index is 12.6. The molecule has 29 heavy (non-hydrogen) atoms.